The zero-order chi connectivity index (χ0) is 14.4. The number of hydrogen-bond acceptors (Lipinski definition) is 4. The van der Waals surface area contributed by atoms with Crippen molar-refractivity contribution in [1.82, 2.24) is 10.6 Å². The monoisotopic (exact) mass is 280 g/mol. The number of rotatable bonds is 6. The van der Waals surface area contributed by atoms with Gasteiger partial charge in [0.15, 0.2) is 6.29 Å². The molecule has 1 saturated carbocycles. The molecule has 2 rings (SSSR count). The Bertz CT molecular complexity index is 385. The first-order chi connectivity index (χ1) is 9.66. The molecule has 0 saturated heterocycles. The molecule has 1 amide bonds. The molecular weight excluding hydrogens is 256 g/mol. The molecular formula is C15H24N2O3. The summed E-state index contributed by atoms with van der Waals surface area (Å²) < 4.78 is 0. The highest BCUT2D eigenvalue weighted by Gasteiger charge is 2.23. The molecule has 5 heteroatoms. The van der Waals surface area contributed by atoms with Crippen molar-refractivity contribution >= 4 is 5.91 Å². The Morgan fingerprint density at radius 2 is 2.05 bits per heavy atom. The Morgan fingerprint density at radius 1 is 1.30 bits per heavy atom. The fourth-order valence-corrected chi connectivity index (χ4v) is 2.79. The Balaban J connectivity index is 1.82. The van der Waals surface area contributed by atoms with Crippen molar-refractivity contribution < 1.29 is 15.0 Å². The normalized spacial score (nSPS) is 21.1. The Labute approximate surface area is 119 Å². The molecule has 0 aliphatic heterocycles. The van der Waals surface area contributed by atoms with Gasteiger partial charge in [-0.2, -0.15) is 0 Å². The summed E-state index contributed by atoms with van der Waals surface area (Å²) in [6, 6.07) is -0.323. The van der Waals surface area contributed by atoms with Gasteiger partial charge in [0.25, 0.3) is 0 Å². The topological polar surface area (TPSA) is 81.6 Å². The Kier molecular flexibility index (Phi) is 5.76. The van der Waals surface area contributed by atoms with E-state index in [1.165, 1.54) is 12.8 Å². The van der Waals surface area contributed by atoms with Crippen LogP contribution in [0, 0.1) is 0 Å². The standard InChI is InChI=1S/C15H24N2O3/c18-13(10-16-12-8-4-5-9-12)17-14(15(19)20)11-6-2-1-3-7-11/h2,6-7,12,14-16,19-20H,1,3-5,8-10H2,(H,17,18). The second-order valence-corrected chi connectivity index (χ2v) is 5.50. The molecule has 1 unspecified atom stereocenters. The summed E-state index contributed by atoms with van der Waals surface area (Å²) >= 11 is 0. The first-order valence-electron chi connectivity index (χ1n) is 7.42. The van der Waals surface area contributed by atoms with E-state index in [-0.39, 0.29) is 12.5 Å². The van der Waals surface area contributed by atoms with Crippen LogP contribution in [0.15, 0.2) is 23.8 Å². The van der Waals surface area contributed by atoms with Crippen molar-refractivity contribution in [2.45, 2.75) is 56.9 Å². The van der Waals surface area contributed by atoms with E-state index in [2.05, 4.69) is 10.6 Å². The lowest BCUT2D eigenvalue weighted by Crippen LogP contribution is -2.48. The van der Waals surface area contributed by atoms with Crippen molar-refractivity contribution in [1.29, 1.82) is 0 Å². The number of nitrogens with one attached hydrogen (secondary N) is 2. The lowest BCUT2D eigenvalue weighted by atomic mass is 9.99. The van der Waals surface area contributed by atoms with Gasteiger partial charge in [-0.1, -0.05) is 31.1 Å². The van der Waals surface area contributed by atoms with Crippen molar-refractivity contribution in [2.75, 3.05) is 6.54 Å². The third-order valence-corrected chi connectivity index (χ3v) is 3.90. The molecule has 0 aromatic heterocycles. The summed E-state index contributed by atoms with van der Waals surface area (Å²) in [6.45, 7) is 0.227. The largest absolute Gasteiger partial charge is 0.366 e. The number of carbonyl (C=O) groups excluding carboxylic acids is 1. The Hall–Kier alpha value is -1.17. The van der Waals surface area contributed by atoms with E-state index >= 15 is 0 Å². The van der Waals surface area contributed by atoms with Gasteiger partial charge in [-0.15, -0.1) is 0 Å². The van der Waals surface area contributed by atoms with Gasteiger partial charge in [-0.05, 0) is 31.3 Å². The number of hydrogen-bond donors (Lipinski definition) is 4. The summed E-state index contributed by atoms with van der Waals surface area (Å²) in [4.78, 5) is 11.9. The molecule has 0 heterocycles. The van der Waals surface area contributed by atoms with Crippen molar-refractivity contribution in [2.24, 2.45) is 0 Å². The van der Waals surface area contributed by atoms with Crippen LogP contribution < -0.4 is 10.6 Å². The molecule has 2 aliphatic carbocycles. The van der Waals surface area contributed by atoms with Crippen LogP contribution in [0.1, 0.15) is 38.5 Å². The smallest absolute Gasteiger partial charge is 0.234 e. The predicted molar refractivity (Wildman–Crippen MR) is 76.9 cm³/mol. The molecule has 0 aromatic carbocycles. The van der Waals surface area contributed by atoms with Crippen molar-refractivity contribution in [3.8, 4) is 0 Å². The highest BCUT2D eigenvalue weighted by Crippen LogP contribution is 2.17. The van der Waals surface area contributed by atoms with Crippen LogP contribution in [-0.2, 0) is 4.79 Å². The maximum absolute atomic E-state index is 11.9. The van der Waals surface area contributed by atoms with Gasteiger partial charge in [0.05, 0.1) is 6.54 Å². The van der Waals surface area contributed by atoms with Crippen molar-refractivity contribution in [3.05, 3.63) is 23.8 Å². The Morgan fingerprint density at radius 3 is 2.65 bits per heavy atom. The van der Waals surface area contributed by atoms with Gasteiger partial charge in [0.1, 0.15) is 6.04 Å². The first kappa shape index (κ1) is 15.2. The zero-order valence-corrected chi connectivity index (χ0v) is 11.7. The first-order valence-corrected chi connectivity index (χ1v) is 7.42. The molecule has 4 N–H and O–H groups in total. The molecule has 0 radical (unpaired) electrons. The molecule has 112 valence electrons. The number of aliphatic hydroxyl groups is 2. The number of carbonyl (C=O) groups is 1. The molecule has 20 heavy (non-hydrogen) atoms. The summed E-state index contributed by atoms with van der Waals surface area (Å²) in [5, 5.41) is 24.8. The molecule has 0 spiro atoms. The fourth-order valence-electron chi connectivity index (χ4n) is 2.79. The van der Waals surface area contributed by atoms with Crippen LogP contribution in [-0.4, -0.2) is 41.0 Å². The maximum Gasteiger partial charge on any atom is 0.234 e. The summed E-state index contributed by atoms with van der Waals surface area (Å²) in [5.74, 6) is -0.199. The van der Waals surface area contributed by atoms with E-state index in [0.29, 0.717) is 6.04 Å². The summed E-state index contributed by atoms with van der Waals surface area (Å²) in [7, 11) is 0. The van der Waals surface area contributed by atoms with Gasteiger partial charge in [-0.3, -0.25) is 4.79 Å². The molecule has 1 atom stereocenters. The van der Waals surface area contributed by atoms with E-state index in [1.54, 1.807) is 0 Å². The van der Waals surface area contributed by atoms with E-state index in [9.17, 15) is 15.0 Å². The molecule has 0 aromatic rings. The molecule has 0 bridgehead atoms. The highest BCUT2D eigenvalue weighted by molar-refractivity contribution is 5.79. The average Bonchev–Trinajstić information content (AvgIpc) is 2.96. The number of amides is 1. The average molecular weight is 280 g/mol. The van der Waals surface area contributed by atoms with Crippen LogP contribution in [0.2, 0.25) is 0 Å². The van der Waals surface area contributed by atoms with Crippen molar-refractivity contribution in [3.63, 3.8) is 0 Å². The van der Waals surface area contributed by atoms with Crippen LogP contribution >= 0.6 is 0 Å². The highest BCUT2D eigenvalue weighted by atomic mass is 16.5. The van der Waals surface area contributed by atoms with E-state index in [0.717, 1.165) is 31.3 Å². The second kappa shape index (κ2) is 7.57. The minimum absolute atomic E-state index is 0.199. The van der Waals surface area contributed by atoms with Gasteiger partial charge >= 0.3 is 0 Å². The third kappa shape index (κ3) is 4.44. The van der Waals surface area contributed by atoms with Gasteiger partial charge in [0, 0.05) is 6.04 Å². The minimum atomic E-state index is -1.58. The van der Waals surface area contributed by atoms with Gasteiger partial charge in [0.2, 0.25) is 5.91 Å². The van der Waals surface area contributed by atoms with Gasteiger partial charge in [-0.25, -0.2) is 0 Å². The lowest BCUT2D eigenvalue weighted by molar-refractivity contribution is -0.124. The maximum atomic E-state index is 11.9. The molecule has 5 nitrogen and oxygen atoms in total. The zero-order valence-electron chi connectivity index (χ0n) is 11.7. The van der Waals surface area contributed by atoms with E-state index < -0.39 is 12.3 Å². The molecule has 2 aliphatic rings. The van der Waals surface area contributed by atoms with E-state index in [1.807, 2.05) is 18.2 Å². The summed E-state index contributed by atoms with van der Waals surface area (Å²) in [5.41, 5.74) is 0.764. The second-order valence-electron chi connectivity index (χ2n) is 5.50. The quantitative estimate of drug-likeness (QED) is 0.537. The number of aliphatic hydroxyl groups excluding tert-OH is 1. The SMILES string of the molecule is O=C(CNC1CCCC1)NC(C1=CCCC=C1)C(O)O. The molecule has 1 fully saturated rings. The predicted octanol–water partition coefficient (Wildman–Crippen LogP) is 0.590. The third-order valence-electron chi connectivity index (χ3n) is 3.90. The van der Waals surface area contributed by atoms with Crippen LogP contribution in [0.5, 0.6) is 0 Å². The van der Waals surface area contributed by atoms with Crippen LogP contribution in [0.25, 0.3) is 0 Å². The van der Waals surface area contributed by atoms with Crippen LogP contribution in [0.3, 0.4) is 0 Å². The van der Waals surface area contributed by atoms with Gasteiger partial charge < -0.3 is 20.8 Å². The van der Waals surface area contributed by atoms with Crippen LogP contribution in [0.4, 0.5) is 0 Å². The minimum Gasteiger partial charge on any atom is -0.366 e. The van der Waals surface area contributed by atoms with E-state index in [4.69, 9.17) is 0 Å². The lowest BCUT2D eigenvalue weighted by Gasteiger charge is -2.23. The number of allylic oxidation sites excluding steroid dienone is 2. The summed E-state index contributed by atoms with van der Waals surface area (Å²) in [6.07, 6.45) is 10.7. The fraction of sp³-hybridized carbons (Fsp3) is 0.667.